The molecular formula is C9H8FNS2. The number of thiazole rings is 1. The molecule has 1 nitrogen and oxygen atoms in total. The average molecular weight is 213 g/mol. The van der Waals surface area contributed by atoms with Crippen molar-refractivity contribution in [3.8, 4) is 0 Å². The summed E-state index contributed by atoms with van der Waals surface area (Å²) in [5.41, 5.74) is 0.812. The minimum atomic E-state index is -0.246. The van der Waals surface area contributed by atoms with Gasteiger partial charge in [-0.15, -0.1) is 24.0 Å². The van der Waals surface area contributed by atoms with Crippen LogP contribution in [0.5, 0.6) is 0 Å². The van der Waals surface area contributed by atoms with Crippen LogP contribution in [0.2, 0.25) is 0 Å². The number of halogens is 1. The Morgan fingerprint density at radius 2 is 2.31 bits per heavy atom. The Labute approximate surface area is 85.0 Å². The summed E-state index contributed by atoms with van der Waals surface area (Å²) in [5.74, 6) is -0.246. The van der Waals surface area contributed by atoms with Crippen LogP contribution in [0.4, 0.5) is 4.39 Å². The van der Waals surface area contributed by atoms with Gasteiger partial charge < -0.3 is 0 Å². The first-order valence-electron chi connectivity index (χ1n) is 3.98. The highest BCUT2D eigenvalue weighted by Gasteiger charge is 2.06. The van der Waals surface area contributed by atoms with Gasteiger partial charge >= 0.3 is 0 Å². The molecule has 2 aromatic rings. The maximum atomic E-state index is 12.9. The van der Waals surface area contributed by atoms with Crippen LogP contribution >= 0.6 is 24.0 Å². The number of fused-ring (bicyclic) bond motifs is 1. The molecule has 2 rings (SSSR count). The predicted molar refractivity (Wildman–Crippen MR) is 56.2 cm³/mol. The summed E-state index contributed by atoms with van der Waals surface area (Å²) in [6.07, 6.45) is 0.883. The van der Waals surface area contributed by atoms with Crippen molar-refractivity contribution in [2.45, 2.75) is 18.2 Å². The van der Waals surface area contributed by atoms with Crippen molar-refractivity contribution in [1.29, 1.82) is 0 Å². The third-order valence-electron chi connectivity index (χ3n) is 1.79. The predicted octanol–water partition coefficient (Wildman–Crippen LogP) is 3.29. The highest BCUT2D eigenvalue weighted by molar-refractivity contribution is 7.80. The molecule has 0 radical (unpaired) electrons. The van der Waals surface area contributed by atoms with Gasteiger partial charge in [-0.05, 0) is 18.6 Å². The van der Waals surface area contributed by atoms with Gasteiger partial charge in [0.05, 0.1) is 15.2 Å². The van der Waals surface area contributed by atoms with E-state index in [4.69, 9.17) is 0 Å². The molecule has 0 saturated carbocycles. The largest absolute Gasteiger partial charge is 0.240 e. The van der Waals surface area contributed by atoms with Gasteiger partial charge in [-0.1, -0.05) is 6.92 Å². The second-order valence-corrected chi connectivity index (χ2v) is 4.33. The van der Waals surface area contributed by atoms with E-state index in [1.807, 2.05) is 6.92 Å². The van der Waals surface area contributed by atoms with Crippen molar-refractivity contribution in [2.75, 3.05) is 0 Å². The van der Waals surface area contributed by atoms with Gasteiger partial charge in [-0.3, -0.25) is 0 Å². The van der Waals surface area contributed by atoms with Gasteiger partial charge in [0, 0.05) is 4.90 Å². The van der Waals surface area contributed by atoms with Gasteiger partial charge in [-0.25, -0.2) is 9.37 Å². The Morgan fingerprint density at radius 1 is 1.54 bits per heavy atom. The fourth-order valence-corrected chi connectivity index (χ4v) is 2.50. The number of hydrogen-bond donors (Lipinski definition) is 1. The lowest BCUT2D eigenvalue weighted by Gasteiger charge is -1.92. The van der Waals surface area contributed by atoms with E-state index >= 15 is 0 Å². The molecule has 0 aliphatic rings. The number of aromatic nitrogens is 1. The van der Waals surface area contributed by atoms with Gasteiger partial charge in [-0.2, -0.15) is 0 Å². The third-order valence-corrected chi connectivity index (χ3v) is 3.27. The van der Waals surface area contributed by atoms with Crippen LogP contribution in [-0.2, 0) is 6.42 Å². The first kappa shape index (κ1) is 8.97. The molecule has 0 aliphatic carbocycles. The van der Waals surface area contributed by atoms with Gasteiger partial charge in [0.25, 0.3) is 0 Å². The van der Waals surface area contributed by atoms with E-state index in [0.29, 0.717) is 4.90 Å². The summed E-state index contributed by atoms with van der Waals surface area (Å²) in [7, 11) is 0. The summed E-state index contributed by atoms with van der Waals surface area (Å²) < 4.78 is 13.8. The van der Waals surface area contributed by atoms with Crippen molar-refractivity contribution in [3.63, 3.8) is 0 Å². The number of hydrogen-bond acceptors (Lipinski definition) is 3. The van der Waals surface area contributed by atoms with Crippen molar-refractivity contribution >= 4 is 34.2 Å². The molecule has 13 heavy (non-hydrogen) atoms. The number of rotatable bonds is 1. The maximum Gasteiger partial charge on any atom is 0.125 e. The van der Waals surface area contributed by atoms with Crippen molar-refractivity contribution in [1.82, 2.24) is 4.98 Å². The Balaban J connectivity index is 2.75. The molecule has 0 amide bonds. The lowest BCUT2D eigenvalue weighted by atomic mass is 10.3. The van der Waals surface area contributed by atoms with Crippen LogP contribution in [0.3, 0.4) is 0 Å². The molecule has 68 valence electrons. The third kappa shape index (κ3) is 1.56. The molecule has 0 saturated heterocycles. The summed E-state index contributed by atoms with van der Waals surface area (Å²) in [6.45, 7) is 2.03. The monoisotopic (exact) mass is 213 g/mol. The topological polar surface area (TPSA) is 12.9 Å². The quantitative estimate of drug-likeness (QED) is 0.717. The standard InChI is InChI=1S/C9H8FNS2/c1-2-8-11-9-6(12)3-5(10)4-7(9)13-8/h3-4,12H,2H2,1H3. The molecule has 1 heterocycles. The molecule has 0 bridgehead atoms. The second-order valence-electron chi connectivity index (χ2n) is 2.73. The molecule has 0 atom stereocenters. The van der Waals surface area contributed by atoms with E-state index in [1.165, 1.54) is 23.5 Å². The molecule has 1 aromatic carbocycles. The Morgan fingerprint density at radius 3 is 3.00 bits per heavy atom. The zero-order chi connectivity index (χ0) is 9.42. The molecule has 4 heteroatoms. The lowest BCUT2D eigenvalue weighted by Crippen LogP contribution is -1.78. The van der Waals surface area contributed by atoms with Crippen LogP contribution in [0, 0.1) is 5.82 Å². The summed E-state index contributed by atoms with van der Waals surface area (Å²) in [5, 5.41) is 1.02. The van der Waals surface area contributed by atoms with Gasteiger partial charge in [0.15, 0.2) is 0 Å². The molecule has 0 fully saturated rings. The number of benzene rings is 1. The first-order valence-corrected chi connectivity index (χ1v) is 5.25. The van der Waals surface area contributed by atoms with E-state index in [-0.39, 0.29) is 5.82 Å². The van der Waals surface area contributed by atoms with Crippen LogP contribution in [-0.4, -0.2) is 4.98 Å². The van der Waals surface area contributed by atoms with Gasteiger partial charge in [0.2, 0.25) is 0 Å². The molecule has 1 aromatic heterocycles. The first-order chi connectivity index (χ1) is 6.20. The van der Waals surface area contributed by atoms with E-state index in [1.54, 1.807) is 0 Å². The summed E-state index contributed by atoms with van der Waals surface area (Å²) in [4.78, 5) is 4.96. The number of thiol groups is 1. The highest BCUT2D eigenvalue weighted by atomic mass is 32.1. The number of nitrogens with zero attached hydrogens (tertiary/aromatic N) is 1. The SMILES string of the molecule is CCc1nc2c(S)cc(F)cc2s1. The van der Waals surface area contributed by atoms with Gasteiger partial charge in [0.1, 0.15) is 5.82 Å². The van der Waals surface area contributed by atoms with E-state index in [0.717, 1.165) is 21.6 Å². The zero-order valence-electron chi connectivity index (χ0n) is 7.04. The van der Waals surface area contributed by atoms with Crippen LogP contribution < -0.4 is 0 Å². The lowest BCUT2D eigenvalue weighted by molar-refractivity contribution is 0.627. The molecule has 0 unspecified atom stereocenters. The van der Waals surface area contributed by atoms with E-state index < -0.39 is 0 Å². The normalized spacial score (nSPS) is 11.0. The highest BCUT2D eigenvalue weighted by Crippen LogP contribution is 2.28. The minimum Gasteiger partial charge on any atom is -0.240 e. The van der Waals surface area contributed by atoms with Crippen LogP contribution in [0.1, 0.15) is 11.9 Å². The Kier molecular flexibility index (Phi) is 2.26. The fourth-order valence-electron chi connectivity index (χ4n) is 1.18. The molecule has 0 N–H and O–H groups in total. The Hall–Kier alpha value is -0.610. The molecular weight excluding hydrogens is 205 g/mol. The molecule has 0 spiro atoms. The minimum absolute atomic E-state index is 0.246. The second kappa shape index (κ2) is 3.27. The smallest absolute Gasteiger partial charge is 0.125 e. The van der Waals surface area contributed by atoms with Crippen molar-refractivity contribution in [3.05, 3.63) is 23.0 Å². The summed E-state index contributed by atoms with van der Waals surface area (Å²) in [6, 6.07) is 2.90. The maximum absolute atomic E-state index is 12.9. The fraction of sp³-hybridized carbons (Fsp3) is 0.222. The van der Waals surface area contributed by atoms with E-state index in [2.05, 4.69) is 17.6 Å². The zero-order valence-corrected chi connectivity index (χ0v) is 8.75. The van der Waals surface area contributed by atoms with E-state index in [9.17, 15) is 4.39 Å². The average Bonchev–Trinajstić information content (AvgIpc) is 2.47. The Bertz CT molecular complexity index is 450. The number of aryl methyl sites for hydroxylation is 1. The molecule has 0 aliphatic heterocycles. The van der Waals surface area contributed by atoms with Crippen LogP contribution in [0.25, 0.3) is 10.2 Å². The van der Waals surface area contributed by atoms with Crippen LogP contribution in [0.15, 0.2) is 17.0 Å². The van der Waals surface area contributed by atoms with Crippen molar-refractivity contribution < 1.29 is 4.39 Å². The van der Waals surface area contributed by atoms with Crippen molar-refractivity contribution in [2.24, 2.45) is 0 Å². The summed E-state index contributed by atoms with van der Waals surface area (Å²) >= 11 is 5.70.